The number of fused-ring (bicyclic) bond motifs is 1. The molecule has 0 fully saturated rings. The maximum absolute atomic E-state index is 11.6. The number of imidazole rings is 1. The minimum Gasteiger partial charge on any atom is -0.481 e. The van der Waals surface area contributed by atoms with Crippen molar-refractivity contribution in [3.63, 3.8) is 0 Å². The van der Waals surface area contributed by atoms with Crippen LogP contribution in [0.4, 0.5) is 5.95 Å². The molecule has 1 aliphatic rings. The van der Waals surface area contributed by atoms with Crippen molar-refractivity contribution in [3.8, 4) is 6.07 Å². The van der Waals surface area contributed by atoms with Crippen molar-refractivity contribution in [2.45, 2.75) is 13.0 Å². The van der Waals surface area contributed by atoms with E-state index in [-0.39, 0.29) is 0 Å². The number of hydrogen-bond donors (Lipinski definition) is 1. The Bertz CT molecular complexity index is 768. The molecule has 2 atom stereocenters. The Morgan fingerprint density at radius 1 is 1.38 bits per heavy atom. The highest BCUT2D eigenvalue weighted by atomic mass is 16.4. The molecule has 0 saturated carbocycles. The number of rotatable bonds is 2. The molecule has 0 bridgehead atoms. The minimum absolute atomic E-state index is 0.412. The molecule has 6 nitrogen and oxygen atoms in total. The van der Waals surface area contributed by atoms with Crippen LogP contribution in [0.2, 0.25) is 0 Å². The van der Waals surface area contributed by atoms with E-state index in [4.69, 9.17) is 5.26 Å². The van der Waals surface area contributed by atoms with E-state index in [1.165, 1.54) is 0 Å². The second kappa shape index (κ2) is 4.87. The fourth-order valence-corrected chi connectivity index (χ4v) is 2.65. The average Bonchev–Trinajstić information content (AvgIpc) is 2.93. The van der Waals surface area contributed by atoms with E-state index in [1.54, 1.807) is 48.1 Å². The third kappa shape index (κ3) is 2.09. The molecule has 0 spiro atoms. The van der Waals surface area contributed by atoms with Crippen molar-refractivity contribution in [2.24, 2.45) is 10.9 Å². The first-order valence-electron chi connectivity index (χ1n) is 6.42. The van der Waals surface area contributed by atoms with Gasteiger partial charge in [0, 0.05) is 18.1 Å². The lowest BCUT2D eigenvalue weighted by atomic mass is 9.88. The number of aliphatic carboxylic acids is 1. The van der Waals surface area contributed by atoms with Crippen LogP contribution in [-0.2, 0) is 4.79 Å². The zero-order chi connectivity index (χ0) is 15.0. The number of carbonyl (C=O) groups is 1. The third-order valence-corrected chi connectivity index (χ3v) is 3.64. The second-order valence-electron chi connectivity index (χ2n) is 4.88. The Morgan fingerprint density at radius 3 is 2.71 bits per heavy atom. The van der Waals surface area contributed by atoms with E-state index in [0.29, 0.717) is 17.2 Å². The molecule has 0 aliphatic carbocycles. The van der Waals surface area contributed by atoms with Gasteiger partial charge in [0.2, 0.25) is 5.95 Å². The van der Waals surface area contributed by atoms with Gasteiger partial charge in [0.15, 0.2) is 0 Å². The Labute approximate surface area is 121 Å². The summed E-state index contributed by atoms with van der Waals surface area (Å²) < 4.78 is 1.76. The van der Waals surface area contributed by atoms with Crippen LogP contribution in [0.3, 0.4) is 0 Å². The molecule has 21 heavy (non-hydrogen) atoms. The predicted molar refractivity (Wildman–Crippen MR) is 75.4 cm³/mol. The number of nitriles is 1. The standard InChI is InChI=1S/C15H12N4O2/c1-9-12(14(20)21)13(19-7-6-17-15(19)18-9)11-4-2-10(8-16)3-5-11/h2-7,12-13H,1H3,(H,20,21). The van der Waals surface area contributed by atoms with Gasteiger partial charge in [-0.15, -0.1) is 0 Å². The summed E-state index contributed by atoms with van der Waals surface area (Å²) in [5.41, 5.74) is 1.88. The van der Waals surface area contributed by atoms with Crippen LogP contribution in [0.1, 0.15) is 24.1 Å². The van der Waals surface area contributed by atoms with Gasteiger partial charge in [-0.05, 0) is 24.6 Å². The summed E-state index contributed by atoms with van der Waals surface area (Å²) in [6, 6.07) is 8.57. The summed E-state index contributed by atoms with van der Waals surface area (Å²) in [6.45, 7) is 1.70. The lowest BCUT2D eigenvalue weighted by Crippen LogP contribution is -2.35. The van der Waals surface area contributed by atoms with E-state index in [9.17, 15) is 9.90 Å². The summed E-state index contributed by atoms with van der Waals surface area (Å²) in [5.74, 6) is -1.18. The summed E-state index contributed by atoms with van der Waals surface area (Å²) in [6.07, 6.45) is 3.33. The van der Waals surface area contributed by atoms with Gasteiger partial charge in [0.05, 0.1) is 17.7 Å². The first-order chi connectivity index (χ1) is 10.1. The molecule has 1 aromatic carbocycles. The first kappa shape index (κ1) is 13.1. The third-order valence-electron chi connectivity index (χ3n) is 3.64. The van der Waals surface area contributed by atoms with Crippen LogP contribution >= 0.6 is 0 Å². The van der Waals surface area contributed by atoms with Crippen LogP contribution in [0.5, 0.6) is 0 Å². The molecule has 6 heteroatoms. The van der Waals surface area contributed by atoms with Crippen molar-refractivity contribution in [1.29, 1.82) is 5.26 Å². The second-order valence-corrected chi connectivity index (χ2v) is 4.88. The van der Waals surface area contributed by atoms with Crippen molar-refractivity contribution < 1.29 is 9.90 Å². The number of carboxylic acid groups (broad SMARTS) is 1. The fourth-order valence-electron chi connectivity index (χ4n) is 2.65. The molecule has 1 aliphatic heterocycles. The largest absolute Gasteiger partial charge is 0.481 e. The highest BCUT2D eigenvalue weighted by Gasteiger charge is 2.37. The number of aromatic nitrogens is 2. The molecule has 2 aromatic rings. The number of benzene rings is 1. The maximum Gasteiger partial charge on any atom is 0.314 e. The highest BCUT2D eigenvalue weighted by molar-refractivity contribution is 6.02. The quantitative estimate of drug-likeness (QED) is 0.912. The van der Waals surface area contributed by atoms with Gasteiger partial charge in [-0.3, -0.25) is 4.79 Å². The molecule has 2 heterocycles. The van der Waals surface area contributed by atoms with Gasteiger partial charge < -0.3 is 9.67 Å². The molecule has 0 saturated heterocycles. The molecular weight excluding hydrogens is 268 g/mol. The highest BCUT2D eigenvalue weighted by Crippen LogP contribution is 2.35. The molecule has 104 valence electrons. The molecule has 3 rings (SSSR count). The molecular formula is C15H12N4O2. The Balaban J connectivity index is 2.14. The smallest absolute Gasteiger partial charge is 0.314 e. The van der Waals surface area contributed by atoms with Gasteiger partial charge in [-0.2, -0.15) is 5.26 Å². The first-order valence-corrected chi connectivity index (χ1v) is 6.42. The summed E-state index contributed by atoms with van der Waals surface area (Å²) in [4.78, 5) is 20.0. The maximum atomic E-state index is 11.6. The van der Waals surface area contributed by atoms with E-state index in [1.807, 2.05) is 0 Å². The Morgan fingerprint density at radius 2 is 2.10 bits per heavy atom. The average molecular weight is 280 g/mol. The monoisotopic (exact) mass is 280 g/mol. The van der Waals surface area contributed by atoms with Crippen molar-refractivity contribution in [3.05, 3.63) is 47.8 Å². The van der Waals surface area contributed by atoms with Crippen LogP contribution in [-0.4, -0.2) is 26.3 Å². The van der Waals surface area contributed by atoms with E-state index < -0.39 is 17.9 Å². The molecule has 2 unspecified atom stereocenters. The zero-order valence-corrected chi connectivity index (χ0v) is 11.3. The van der Waals surface area contributed by atoms with E-state index in [0.717, 1.165) is 5.56 Å². The van der Waals surface area contributed by atoms with Gasteiger partial charge in [0.1, 0.15) is 5.92 Å². The number of nitrogens with zero attached hydrogens (tertiary/aromatic N) is 4. The number of carboxylic acids is 1. The van der Waals surface area contributed by atoms with Crippen molar-refractivity contribution >= 4 is 17.6 Å². The van der Waals surface area contributed by atoms with Gasteiger partial charge in [0.25, 0.3) is 0 Å². The Hall–Kier alpha value is -2.94. The van der Waals surface area contributed by atoms with Crippen molar-refractivity contribution in [2.75, 3.05) is 0 Å². The molecule has 1 N–H and O–H groups in total. The van der Waals surface area contributed by atoms with Crippen LogP contribution in [0, 0.1) is 17.2 Å². The summed E-state index contributed by atoms with van der Waals surface area (Å²) in [7, 11) is 0. The topological polar surface area (TPSA) is 91.3 Å². The minimum atomic E-state index is -0.926. The Kier molecular flexibility index (Phi) is 3.03. The normalized spacial score (nSPS) is 20.3. The fraction of sp³-hybridized carbons (Fsp3) is 0.200. The van der Waals surface area contributed by atoms with Gasteiger partial charge in [-0.1, -0.05) is 12.1 Å². The van der Waals surface area contributed by atoms with Crippen LogP contribution in [0.15, 0.2) is 41.7 Å². The predicted octanol–water partition coefficient (Wildman–Crippen LogP) is 2.15. The lowest BCUT2D eigenvalue weighted by Gasteiger charge is -2.29. The van der Waals surface area contributed by atoms with E-state index in [2.05, 4.69) is 16.0 Å². The number of hydrogen-bond acceptors (Lipinski definition) is 4. The van der Waals surface area contributed by atoms with Crippen LogP contribution in [0.25, 0.3) is 0 Å². The van der Waals surface area contributed by atoms with Crippen LogP contribution < -0.4 is 0 Å². The summed E-state index contributed by atoms with van der Waals surface area (Å²) in [5, 5.41) is 18.4. The van der Waals surface area contributed by atoms with Crippen molar-refractivity contribution in [1.82, 2.24) is 9.55 Å². The molecule has 1 aromatic heterocycles. The number of aliphatic imine (C=N–C) groups is 1. The van der Waals surface area contributed by atoms with E-state index >= 15 is 0 Å². The van der Waals surface area contributed by atoms with Gasteiger partial charge >= 0.3 is 5.97 Å². The molecule has 0 radical (unpaired) electrons. The van der Waals surface area contributed by atoms with Gasteiger partial charge in [-0.25, -0.2) is 9.98 Å². The summed E-state index contributed by atoms with van der Waals surface area (Å²) >= 11 is 0. The zero-order valence-electron chi connectivity index (χ0n) is 11.3. The SMILES string of the molecule is CC1=Nc2nccn2C(c2ccc(C#N)cc2)C1C(=O)O. The lowest BCUT2D eigenvalue weighted by molar-refractivity contribution is -0.140. The molecule has 0 amide bonds.